The highest BCUT2D eigenvalue weighted by Crippen LogP contribution is 2.31. The lowest BCUT2D eigenvalue weighted by atomic mass is 10.1. The van der Waals surface area contributed by atoms with Crippen molar-refractivity contribution in [3.63, 3.8) is 0 Å². The van der Waals surface area contributed by atoms with Gasteiger partial charge in [0.1, 0.15) is 0 Å². The molecule has 0 aliphatic heterocycles. The number of nitro groups is 2. The Hall–Kier alpha value is -3.30. The second kappa shape index (κ2) is 6.64. The van der Waals surface area contributed by atoms with Crippen molar-refractivity contribution in [3.05, 3.63) is 50.1 Å². The molecule has 0 unspecified atom stereocenters. The largest absolute Gasteiger partial charge is 0.427 e. The summed E-state index contributed by atoms with van der Waals surface area (Å²) >= 11 is 0. The van der Waals surface area contributed by atoms with E-state index in [0.29, 0.717) is 13.0 Å². The second-order valence-corrected chi connectivity index (χ2v) is 4.53. The van der Waals surface area contributed by atoms with Crippen LogP contribution in [0.25, 0.3) is 11.3 Å². The Morgan fingerprint density at radius 2 is 1.87 bits per heavy atom. The van der Waals surface area contributed by atoms with Crippen molar-refractivity contribution in [3.8, 4) is 11.3 Å². The summed E-state index contributed by atoms with van der Waals surface area (Å²) < 4.78 is 4.92. The highest BCUT2D eigenvalue weighted by atomic mass is 16.6. The molecule has 23 heavy (non-hydrogen) atoms. The van der Waals surface area contributed by atoms with Crippen LogP contribution in [0, 0.1) is 20.2 Å². The van der Waals surface area contributed by atoms with Crippen LogP contribution in [-0.4, -0.2) is 27.5 Å². The van der Waals surface area contributed by atoms with Gasteiger partial charge in [0.05, 0.1) is 4.92 Å². The van der Waals surface area contributed by atoms with Crippen LogP contribution in [-0.2, 0) is 0 Å². The van der Waals surface area contributed by atoms with E-state index in [2.05, 4.69) is 10.5 Å². The maximum absolute atomic E-state index is 12.1. The third-order valence-corrected chi connectivity index (χ3v) is 2.95. The number of carbonyl (C=O) groups is 1. The molecule has 0 bridgehead atoms. The zero-order chi connectivity index (χ0) is 17.0. The SMILES string of the molecule is CCCNC(=O)c1c([N+](=O)[O-])noc1-c1ccc([N+](=O)[O-])cc1. The van der Waals surface area contributed by atoms with E-state index in [1.54, 1.807) is 0 Å². The molecule has 120 valence electrons. The first-order chi connectivity index (χ1) is 11.0. The maximum atomic E-state index is 12.1. The van der Waals surface area contributed by atoms with Gasteiger partial charge in [0, 0.05) is 24.2 Å². The molecule has 0 aliphatic rings. The number of nitro benzene ring substituents is 1. The number of nitrogens with one attached hydrogen (secondary N) is 1. The number of benzene rings is 1. The second-order valence-electron chi connectivity index (χ2n) is 4.53. The molecule has 0 aliphatic carbocycles. The monoisotopic (exact) mass is 320 g/mol. The maximum Gasteiger partial charge on any atom is 0.427 e. The van der Waals surface area contributed by atoms with Crippen molar-refractivity contribution in [1.82, 2.24) is 10.5 Å². The topological polar surface area (TPSA) is 141 Å². The van der Waals surface area contributed by atoms with Gasteiger partial charge in [0.2, 0.25) is 5.76 Å². The van der Waals surface area contributed by atoms with Gasteiger partial charge in [-0.2, -0.15) is 0 Å². The van der Waals surface area contributed by atoms with Crippen molar-refractivity contribution < 1.29 is 19.2 Å². The van der Waals surface area contributed by atoms with E-state index in [9.17, 15) is 25.0 Å². The average molecular weight is 320 g/mol. The number of non-ortho nitro benzene ring substituents is 1. The van der Waals surface area contributed by atoms with Crippen molar-refractivity contribution in [2.45, 2.75) is 13.3 Å². The molecule has 0 spiro atoms. The first-order valence-electron chi connectivity index (χ1n) is 6.62. The minimum absolute atomic E-state index is 0.111. The van der Waals surface area contributed by atoms with Gasteiger partial charge in [0.25, 0.3) is 11.6 Å². The van der Waals surface area contributed by atoms with Gasteiger partial charge in [0.15, 0.2) is 10.7 Å². The molecule has 2 rings (SSSR count). The molecule has 1 aromatic carbocycles. The molecule has 0 fully saturated rings. The number of amides is 1. The standard InChI is InChI=1S/C13H12N4O6/c1-2-7-14-13(18)10-11(23-15-12(10)17(21)22)8-3-5-9(6-4-8)16(19)20/h3-6H,2,7H2,1H3,(H,14,18). The van der Waals surface area contributed by atoms with E-state index < -0.39 is 21.6 Å². The molecule has 0 saturated heterocycles. The van der Waals surface area contributed by atoms with E-state index in [-0.39, 0.29) is 22.6 Å². The van der Waals surface area contributed by atoms with Gasteiger partial charge in [-0.15, -0.1) is 0 Å². The molecule has 1 amide bonds. The van der Waals surface area contributed by atoms with Crippen LogP contribution in [0.15, 0.2) is 28.8 Å². The van der Waals surface area contributed by atoms with Crippen LogP contribution in [0.4, 0.5) is 11.5 Å². The van der Waals surface area contributed by atoms with Gasteiger partial charge >= 0.3 is 5.82 Å². The summed E-state index contributed by atoms with van der Waals surface area (Å²) in [6, 6.07) is 5.08. The number of hydrogen-bond acceptors (Lipinski definition) is 7. The molecule has 1 heterocycles. The molecule has 10 heteroatoms. The Morgan fingerprint density at radius 3 is 2.39 bits per heavy atom. The van der Waals surface area contributed by atoms with Crippen LogP contribution >= 0.6 is 0 Å². The zero-order valence-electron chi connectivity index (χ0n) is 12.0. The number of carbonyl (C=O) groups excluding carboxylic acids is 1. The fraction of sp³-hybridized carbons (Fsp3) is 0.231. The summed E-state index contributed by atoms with van der Waals surface area (Å²) in [6.07, 6.45) is 0.650. The van der Waals surface area contributed by atoms with E-state index in [0.717, 1.165) is 0 Å². The van der Waals surface area contributed by atoms with Crippen molar-refractivity contribution in [2.75, 3.05) is 6.54 Å². The predicted molar refractivity (Wildman–Crippen MR) is 77.9 cm³/mol. The Morgan fingerprint density at radius 1 is 1.22 bits per heavy atom. The van der Waals surface area contributed by atoms with E-state index >= 15 is 0 Å². The van der Waals surface area contributed by atoms with Gasteiger partial charge in [-0.1, -0.05) is 6.92 Å². The molecule has 0 saturated carbocycles. The first kappa shape index (κ1) is 16.1. The summed E-state index contributed by atoms with van der Waals surface area (Å²) in [5.41, 5.74) is -0.185. The number of nitrogens with zero attached hydrogens (tertiary/aromatic N) is 3. The molecule has 0 radical (unpaired) electrons. The molecular weight excluding hydrogens is 308 g/mol. The summed E-state index contributed by atoms with van der Waals surface area (Å²) in [6.45, 7) is 2.17. The summed E-state index contributed by atoms with van der Waals surface area (Å²) in [5, 5.41) is 27.5. The summed E-state index contributed by atoms with van der Waals surface area (Å²) in [5.74, 6) is -1.50. The number of aromatic nitrogens is 1. The van der Waals surface area contributed by atoms with Gasteiger partial charge < -0.3 is 15.4 Å². The quantitative estimate of drug-likeness (QED) is 0.635. The fourth-order valence-electron chi connectivity index (χ4n) is 1.87. The first-order valence-corrected chi connectivity index (χ1v) is 6.62. The van der Waals surface area contributed by atoms with Crippen LogP contribution in [0.5, 0.6) is 0 Å². The number of rotatable bonds is 6. The van der Waals surface area contributed by atoms with E-state index in [4.69, 9.17) is 4.52 Å². The molecule has 1 N–H and O–H groups in total. The highest BCUT2D eigenvalue weighted by molar-refractivity contribution is 6.02. The van der Waals surface area contributed by atoms with Crippen molar-refractivity contribution in [2.24, 2.45) is 0 Å². The average Bonchev–Trinajstić information content (AvgIpc) is 2.97. The molecule has 10 nitrogen and oxygen atoms in total. The predicted octanol–water partition coefficient (Wildman–Crippen LogP) is 2.30. The van der Waals surface area contributed by atoms with E-state index in [1.807, 2.05) is 6.92 Å². The minimum Gasteiger partial charge on any atom is -0.358 e. The Balaban J connectivity index is 2.47. The van der Waals surface area contributed by atoms with Crippen LogP contribution in [0.3, 0.4) is 0 Å². The van der Waals surface area contributed by atoms with Crippen molar-refractivity contribution >= 4 is 17.4 Å². The van der Waals surface area contributed by atoms with Crippen LogP contribution < -0.4 is 5.32 Å². The minimum atomic E-state index is -0.820. The van der Waals surface area contributed by atoms with Crippen LogP contribution in [0.1, 0.15) is 23.7 Å². The lowest BCUT2D eigenvalue weighted by molar-refractivity contribution is -0.391. The lowest BCUT2D eigenvalue weighted by Crippen LogP contribution is -2.24. The molecular formula is C13H12N4O6. The smallest absolute Gasteiger partial charge is 0.358 e. The number of hydrogen-bond donors (Lipinski definition) is 1. The molecule has 1 aromatic heterocycles. The molecule has 0 atom stereocenters. The Kier molecular flexibility index (Phi) is 4.64. The van der Waals surface area contributed by atoms with Gasteiger partial charge in [-0.05, 0) is 23.5 Å². The zero-order valence-corrected chi connectivity index (χ0v) is 12.0. The van der Waals surface area contributed by atoms with Crippen LogP contribution in [0.2, 0.25) is 0 Å². The summed E-state index contributed by atoms with van der Waals surface area (Å²) in [4.78, 5) is 32.4. The van der Waals surface area contributed by atoms with Crippen molar-refractivity contribution in [1.29, 1.82) is 0 Å². The van der Waals surface area contributed by atoms with Gasteiger partial charge in [-0.25, -0.2) is 0 Å². The Labute approximate surface area is 129 Å². The fourth-order valence-corrected chi connectivity index (χ4v) is 1.87. The Bertz CT molecular complexity index is 752. The summed E-state index contributed by atoms with van der Waals surface area (Å²) in [7, 11) is 0. The molecule has 2 aromatic rings. The third kappa shape index (κ3) is 3.31. The third-order valence-electron chi connectivity index (χ3n) is 2.95. The highest BCUT2D eigenvalue weighted by Gasteiger charge is 2.32. The van der Waals surface area contributed by atoms with E-state index in [1.165, 1.54) is 24.3 Å². The lowest BCUT2D eigenvalue weighted by Gasteiger charge is -2.02. The normalized spacial score (nSPS) is 10.3. The van der Waals surface area contributed by atoms with Gasteiger partial charge in [-0.3, -0.25) is 19.4 Å².